The third-order valence-corrected chi connectivity index (χ3v) is 4.30. The van der Waals surface area contributed by atoms with Gasteiger partial charge >= 0.3 is 0 Å². The highest BCUT2D eigenvalue weighted by Gasteiger charge is 2.15. The summed E-state index contributed by atoms with van der Waals surface area (Å²) in [6.07, 6.45) is 2.96. The SMILES string of the molecule is CN=C(NCCCOCC1CCOC1)NCCCOc1ccc(OC)cc1. The zero-order valence-electron chi connectivity index (χ0n) is 16.5. The summed E-state index contributed by atoms with van der Waals surface area (Å²) >= 11 is 0. The number of benzene rings is 1. The highest BCUT2D eigenvalue weighted by molar-refractivity contribution is 5.79. The molecule has 1 saturated heterocycles. The molecule has 1 fully saturated rings. The number of nitrogens with zero attached hydrogens (tertiary/aromatic N) is 1. The maximum Gasteiger partial charge on any atom is 0.190 e. The van der Waals surface area contributed by atoms with Gasteiger partial charge in [0.15, 0.2) is 5.96 Å². The molecule has 1 aromatic rings. The Hall–Kier alpha value is -1.99. The van der Waals surface area contributed by atoms with Crippen LogP contribution in [-0.2, 0) is 9.47 Å². The predicted molar refractivity (Wildman–Crippen MR) is 107 cm³/mol. The number of ether oxygens (including phenoxy) is 4. The van der Waals surface area contributed by atoms with Crippen LogP contribution >= 0.6 is 0 Å². The molecule has 0 radical (unpaired) electrons. The van der Waals surface area contributed by atoms with E-state index in [-0.39, 0.29) is 0 Å². The summed E-state index contributed by atoms with van der Waals surface area (Å²) in [7, 11) is 3.43. The first kappa shape index (κ1) is 21.3. The number of nitrogens with one attached hydrogen (secondary N) is 2. The second kappa shape index (κ2) is 13.2. The fraction of sp³-hybridized carbons (Fsp3) is 0.650. The van der Waals surface area contributed by atoms with Gasteiger partial charge < -0.3 is 29.6 Å². The Balaban J connectivity index is 1.44. The van der Waals surface area contributed by atoms with Gasteiger partial charge in [-0.2, -0.15) is 0 Å². The zero-order chi connectivity index (χ0) is 19.2. The van der Waals surface area contributed by atoms with Gasteiger partial charge in [0.25, 0.3) is 0 Å². The highest BCUT2D eigenvalue weighted by atomic mass is 16.5. The first-order chi connectivity index (χ1) is 13.3. The van der Waals surface area contributed by atoms with Gasteiger partial charge in [0.2, 0.25) is 0 Å². The summed E-state index contributed by atoms with van der Waals surface area (Å²) in [6.45, 7) is 5.57. The maximum atomic E-state index is 5.71. The molecule has 1 aliphatic rings. The van der Waals surface area contributed by atoms with Gasteiger partial charge in [-0.15, -0.1) is 0 Å². The van der Waals surface area contributed by atoms with E-state index in [2.05, 4.69) is 15.6 Å². The molecule has 7 heteroatoms. The number of guanidine groups is 1. The Labute approximate surface area is 162 Å². The Morgan fingerprint density at radius 2 is 1.81 bits per heavy atom. The van der Waals surface area contributed by atoms with Crippen LogP contribution in [0, 0.1) is 5.92 Å². The largest absolute Gasteiger partial charge is 0.497 e. The monoisotopic (exact) mass is 379 g/mol. The molecule has 0 saturated carbocycles. The lowest BCUT2D eigenvalue weighted by Gasteiger charge is -2.13. The minimum atomic E-state index is 0.576. The van der Waals surface area contributed by atoms with Gasteiger partial charge in [-0.25, -0.2) is 0 Å². The quantitative estimate of drug-likeness (QED) is 0.329. The molecular formula is C20H33N3O4. The molecule has 1 heterocycles. The standard InChI is InChI=1S/C20H33N3O4/c1-21-20(22-10-3-12-25-15-17-9-14-26-16-17)23-11-4-13-27-19-7-5-18(24-2)6-8-19/h5-8,17H,3-4,9-16H2,1-2H3,(H2,21,22,23). The average Bonchev–Trinajstić information content (AvgIpc) is 3.22. The molecule has 7 nitrogen and oxygen atoms in total. The van der Waals surface area contributed by atoms with Crippen molar-refractivity contribution < 1.29 is 18.9 Å². The topological polar surface area (TPSA) is 73.3 Å². The second-order valence-electron chi connectivity index (χ2n) is 6.46. The fourth-order valence-electron chi connectivity index (χ4n) is 2.71. The van der Waals surface area contributed by atoms with Crippen LogP contribution in [0.4, 0.5) is 0 Å². The van der Waals surface area contributed by atoms with Crippen LogP contribution in [0.25, 0.3) is 0 Å². The van der Waals surface area contributed by atoms with E-state index in [0.29, 0.717) is 12.5 Å². The maximum absolute atomic E-state index is 5.71. The summed E-state index contributed by atoms with van der Waals surface area (Å²) in [5.74, 6) is 3.07. The smallest absolute Gasteiger partial charge is 0.190 e. The zero-order valence-corrected chi connectivity index (χ0v) is 16.5. The lowest BCUT2D eigenvalue weighted by molar-refractivity contribution is 0.0888. The van der Waals surface area contributed by atoms with Crippen molar-refractivity contribution in [2.24, 2.45) is 10.9 Å². The van der Waals surface area contributed by atoms with E-state index in [9.17, 15) is 0 Å². The van der Waals surface area contributed by atoms with Gasteiger partial charge in [-0.3, -0.25) is 4.99 Å². The molecule has 0 amide bonds. The Kier molecular flexibility index (Phi) is 10.4. The minimum absolute atomic E-state index is 0.576. The van der Waals surface area contributed by atoms with Crippen molar-refractivity contribution in [3.63, 3.8) is 0 Å². The highest BCUT2D eigenvalue weighted by Crippen LogP contribution is 2.17. The van der Waals surface area contributed by atoms with Gasteiger partial charge in [0, 0.05) is 39.3 Å². The van der Waals surface area contributed by atoms with E-state index in [4.69, 9.17) is 18.9 Å². The van der Waals surface area contributed by atoms with Crippen molar-refractivity contribution in [1.29, 1.82) is 0 Å². The van der Waals surface area contributed by atoms with Crippen LogP contribution in [0.2, 0.25) is 0 Å². The summed E-state index contributed by atoms with van der Waals surface area (Å²) in [5.41, 5.74) is 0. The molecule has 0 spiro atoms. The van der Waals surface area contributed by atoms with E-state index >= 15 is 0 Å². The molecule has 1 atom stereocenters. The van der Waals surface area contributed by atoms with Crippen LogP contribution in [0.15, 0.2) is 29.3 Å². The molecule has 0 aliphatic carbocycles. The van der Waals surface area contributed by atoms with Gasteiger partial charge in [-0.05, 0) is 43.5 Å². The molecule has 2 N–H and O–H groups in total. The van der Waals surface area contributed by atoms with Crippen molar-refractivity contribution in [2.75, 3.05) is 60.3 Å². The summed E-state index contributed by atoms with van der Waals surface area (Å²) in [4.78, 5) is 4.23. The Bertz CT molecular complexity index is 531. The molecule has 27 heavy (non-hydrogen) atoms. The first-order valence-electron chi connectivity index (χ1n) is 9.68. The lowest BCUT2D eigenvalue weighted by Crippen LogP contribution is -2.38. The van der Waals surface area contributed by atoms with E-state index in [1.54, 1.807) is 14.2 Å². The second-order valence-corrected chi connectivity index (χ2v) is 6.46. The van der Waals surface area contributed by atoms with Crippen LogP contribution < -0.4 is 20.1 Å². The average molecular weight is 380 g/mol. The molecule has 1 aromatic carbocycles. The molecule has 0 aromatic heterocycles. The molecule has 152 valence electrons. The van der Waals surface area contributed by atoms with Gasteiger partial charge in [0.05, 0.1) is 26.9 Å². The van der Waals surface area contributed by atoms with E-state index in [0.717, 1.165) is 76.2 Å². The van der Waals surface area contributed by atoms with Crippen LogP contribution in [0.1, 0.15) is 19.3 Å². The third-order valence-electron chi connectivity index (χ3n) is 4.30. The van der Waals surface area contributed by atoms with Crippen LogP contribution in [-0.4, -0.2) is 66.2 Å². The normalized spacial score (nSPS) is 17.0. The Morgan fingerprint density at radius 1 is 1.11 bits per heavy atom. The van der Waals surface area contributed by atoms with E-state index < -0.39 is 0 Å². The first-order valence-corrected chi connectivity index (χ1v) is 9.68. The van der Waals surface area contributed by atoms with Gasteiger partial charge in [-0.1, -0.05) is 0 Å². The Morgan fingerprint density at radius 3 is 2.44 bits per heavy atom. The molecular weight excluding hydrogens is 346 g/mol. The molecule has 1 unspecified atom stereocenters. The van der Waals surface area contributed by atoms with Crippen molar-refractivity contribution in [3.05, 3.63) is 24.3 Å². The third kappa shape index (κ3) is 8.97. The van der Waals surface area contributed by atoms with Crippen molar-refractivity contribution in [2.45, 2.75) is 19.3 Å². The number of aliphatic imine (C=N–C) groups is 1. The van der Waals surface area contributed by atoms with E-state index in [1.165, 1.54) is 0 Å². The molecule has 2 rings (SSSR count). The van der Waals surface area contributed by atoms with Crippen LogP contribution in [0.3, 0.4) is 0 Å². The summed E-state index contributed by atoms with van der Waals surface area (Å²) in [6, 6.07) is 7.61. The number of hydrogen-bond acceptors (Lipinski definition) is 5. The number of methoxy groups -OCH3 is 1. The molecule has 1 aliphatic heterocycles. The van der Waals surface area contributed by atoms with Crippen molar-refractivity contribution >= 4 is 5.96 Å². The fourth-order valence-corrected chi connectivity index (χ4v) is 2.71. The number of rotatable bonds is 12. The van der Waals surface area contributed by atoms with E-state index in [1.807, 2.05) is 24.3 Å². The minimum Gasteiger partial charge on any atom is -0.497 e. The van der Waals surface area contributed by atoms with Gasteiger partial charge in [0.1, 0.15) is 11.5 Å². The summed E-state index contributed by atoms with van der Waals surface area (Å²) in [5, 5.41) is 6.59. The number of hydrogen-bond donors (Lipinski definition) is 2. The molecule has 0 bridgehead atoms. The summed E-state index contributed by atoms with van der Waals surface area (Å²) < 4.78 is 21.9. The lowest BCUT2D eigenvalue weighted by atomic mass is 10.1. The van der Waals surface area contributed by atoms with Crippen molar-refractivity contribution in [3.8, 4) is 11.5 Å². The van der Waals surface area contributed by atoms with Crippen molar-refractivity contribution in [1.82, 2.24) is 10.6 Å². The van der Waals surface area contributed by atoms with Crippen LogP contribution in [0.5, 0.6) is 11.5 Å². The predicted octanol–water partition coefficient (Wildman–Crippen LogP) is 2.07.